The molecule has 0 atom stereocenters. The van der Waals surface area contributed by atoms with Crippen LogP contribution in [0.5, 0.6) is 0 Å². The van der Waals surface area contributed by atoms with E-state index in [1.807, 2.05) is 24.3 Å². The van der Waals surface area contributed by atoms with Crippen LogP contribution in [-0.2, 0) is 11.3 Å². The number of nitrogens with two attached hydrogens (primary N) is 1. The van der Waals surface area contributed by atoms with Crippen LogP contribution in [0.25, 0.3) is 0 Å². The molecule has 6 heteroatoms. The third-order valence-electron chi connectivity index (χ3n) is 2.90. The average Bonchev–Trinajstić information content (AvgIpc) is 2.40. The number of nitrogens with zero attached hydrogens (tertiary/aromatic N) is 2. The zero-order chi connectivity index (χ0) is 13.0. The van der Waals surface area contributed by atoms with Crippen molar-refractivity contribution in [3.8, 4) is 0 Å². The molecule has 1 heterocycles. The maximum Gasteiger partial charge on any atom is 0.338 e. The highest BCUT2D eigenvalue weighted by Crippen LogP contribution is 2.17. The average molecular weight is 251 g/mol. The van der Waals surface area contributed by atoms with Crippen LogP contribution >= 0.6 is 0 Å². The molecule has 0 saturated carbocycles. The van der Waals surface area contributed by atoms with Gasteiger partial charge in [-0.15, -0.1) is 0 Å². The largest absolute Gasteiger partial charge is 0.378 e. The molecule has 1 aliphatic rings. The van der Waals surface area contributed by atoms with Crippen molar-refractivity contribution >= 4 is 11.7 Å². The lowest BCUT2D eigenvalue weighted by atomic mass is 10.2. The Labute approximate surface area is 105 Å². The molecule has 2 amide bonds. The van der Waals surface area contributed by atoms with Gasteiger partial charge in [0.2, 0.25) is 0 Å². The maximum atomic E-state index is 10.7. The van der Waals surface area contributed by atoms with Crippen LogP contribution in [0.1, 0.15) is 5.56 Å². The highest BCUT2D eigenvalue weighted by Gasteiger charge is 2.11. The highest BCUT2D eigenvalue weighted by molar-refractivity contribution is 5.70. The van der Waals surface area contributed by atoms with Gasteiger partial charge in [0.05, 0.1) is 19.8 Å². The summed E-state index contributed by atoms with van der Waals surface area (Å²) in [5.41, 5.74) is 6.89. The lowest BCUT2D eigenvalue weighted by molar-refractivity contribution is -0.0470. The van der Waals surface area contributed by atoms with Crippen LogP contribution in [0.4, 0.5) is 10.5 Å². The number of hydrogen-bond donors (Lipinski definition) is 2. The van der Waals surface area contributed by atoms with Gasteiger partial charge in [0.25, 0.3) is 0 Å². The second-order valence-corrected chi connectivity index (χ2v) is 4.16. The number of benzene rings is 1. The van der Waals surface area contributed by atoms with Gasteiger partial charge in [-0.25, -0.2) is 9.86 Å². The van der Waals surface area contributed by atoms with E-state index in [1.165, 1.54) is 0 Å². The summed E-state index contributed by atoms with van der Waals surface area (Å²) in [5, 5.41) is 9.72. The number of urea groups is 1. The van der Waals surface area contributed by atoms with Gasteiger partial charge >= 0.3 is 6.03 Å². The number of rotatable bonds is 3. The quantitative estimate of drug-likeness (QED) is 0.615. The Hall–Kier alpha value is -1.79. The van der Waals surface area contributed by atoms with E-state index in [9.17, 15) is 10.0 Å². The first-order valence-electron chi connectivity index (χ1n) is 5.84. The minimum absolute atomic E-state index is 0.0960. The normalized spacial score (nSPS) is 15.5. The van der Waals surface area contributed by atoms with E-state index in [0.717, 1.165) is 37.6 Å². The van der Waals surface area contributed by atoms with Crippen molar-refractivity contribution in [2.75, 3.05) is 31.2 Å². The number of hydrogen-bond acceptors (Lipinski definition) is 4. The molecule has 0 aliphatic carbocycles. The number of carbonyl (C=O) groups is 1. The molecule has 18 heavy (non-hydrogen) atoms. The molecular weight excluding hydrogens is 234 g/mol. The zero-order valence-corrected chi connectivity index (χ0v) is 10.1. The first-order chi connectivity index (χ1) is 8.66. The fourth-order valence-electron chi connectivity index (χ4n) is 1.88. The molecule has 1 saturated heterocycles. The molecule has 0 radical (unpaired) electrons. The minimum atomic E-state index is -0.854. The number of ether oxygens (including phenoxy) is 1. The Kier molecular flexibility index (Phi) is 4.01. The van der Waals surface area contributed by atoms with Gasteiger partial charge in [0.1, 0.15) is 0 Å². The number of hydroxylamine groups is 2. The summed E-state index contributed by atoms with van der Waals surface area (Å²) in [7, 11) is 0. The molecule has 0 bridgehead atoms. The van der Waals surface area contributed by atoms with E-state index in [1.54, 1.807) is 0 Å². The molecule has 3 N–H and O–H groups in total. The topological polar surface area (TPSA) is 79.0 Å². The van der Waals surface area contributed by atoms with Crippen LogP contribution in [-0.4, -0.2) is 42.6 Å². The SMILES string of the molecule is NC(=O)N(O)Cc1ccc(N2CCOCC2)cc1. The molecule has 0 spiro atoms. The molecular formula is C12H17N3O3. The third-order valence-corrected chi connectivity index (χ3v) is 2.90. The lowest BCUT2D eigenvalue weighted by Crippen LogP contribution is -2.36. The summed E-state index contributed by atoms with van der Waals surface area (Å²) >= 11 is 0. The van der Waals surface area contributed by atoms with E-state index in [-0.39, 0.29) is 6.54 Å². The Morgan fingerprint density at radius 1 is 1.33 bits per heavy atom. The summed E-state index contributed by atoms with van der Waals surface area (Å²) in [6.45, 7) is 3.35. The summed E-state index contributed by atoms with van der Waals surface area (Å²) < 4.78 is 5.29. The van der Waals surface area contributed by atoms with E-state index in [4.69, 9.17) is 10.5 Å². The van der Waals surface area contributed by atoms with Gasteiger partial charge in [-0.05, 0) is 17.7 Å². The van der Waals surface area contributed by atoms with Crippen molar-refractivity contribution in [1.82, 2.24) is 5.06 Å². The fraction of sp³-hybridized carbons (Fsp3) is 0.417. The first kappa shape index (κ1) is 12.7. The lowest BCUT2D eigenvalue weighted by Gasteiger charge is -2.29. The van der Waals surface area contributed by atoms with Crippen LogP contribution in [0.3, 0.4) is 0 Å². The van der Waals surface area contributed by atoms with Crippen molar-refractivity contribution in [3.63, 3.8) is 0 Å². The van der Waals surface area contributed by atoms with E-state index in [0.29, 0.717) is 5.06 Å². The van der Waals surface area contributed by atoms with E-state index in [2.05, 4.69) is 4.90 Å². The van der Waals surface area contributed by atoms with Crippen LogP contribution < -0.4 is 10.6 Å². The predicted octanol–water partition coefficient (Wildman–Crippen LogP) is 0.793. The van der Waals surface area contributed by atoms with Gasteiger partial charge in [0.15, 0.2) is 0 Å². The van der Waals surface area contributed by atoms with E-state index >= 15 is 0 Å². The number of anilines is 1. The van der Waals surface area contributed by atoms with Gasteiger partial charge in [-0.2, -0.15) is 0 Å². The van der Waals surface area contributed by atoms with Crippen molar-refractivity contribution < 1.29 is 14.7 Å². The highest BCUT2D eigenvalue weighted by atomic mass is 16.5. The molecule has 0 unspecified atom stereocenters. The van der Waals surface area contributed by atoms with Crippen LogP contribution in [0.15, 0.2) is 24.3 Å². The summed E-state index contributed by atoms with van der Waals surface area (Å²) in [6.07, 6.45) is 0. The minimum Gasteiger partial charge on any atom is -0.378 e. The standard InChI is InChI=1S/C12H17N3O3/c13-12(16)15(17)9-10-1-3-11(4-2-10)14-5-7-18-8-6-14/h1-4,17H,5-9H2,(H2,13,16). The number of amides is 2. The first-order valence-corrected chi connectivity index (χ1v) is 5.84. The van der Waals surface area contributed by atoms with Crippen molar-refractivity contribution in [2.24, 2.45) is 5.73 Å². The van der Waals surface area contributed by atoms with Crippen molar-refractivity contribution in [1.29, 1.82) is 0 Å². The Bertz CT molecular complexity index is 402. The van der Waals surface area contributed by atoms with Crippen molar-refractivity contribution in [2.45, 2.75) is 6.54 Å². The molecule has 0 aromatic heterocycles. The summed E-state index contributed by atoms with van der Waals surface area (Å²) in [4.78, 5) is 12.9. The Morgan fingerprint density at radius 2 is 1.94 bits per heavy atom. The number of morpholine rings is 1. The molecule has 1 aliphatic heterocycles. The number of carbonyl (C=O) groups excluding carboxylic acids is 1. The van der Waals surface area contributed by atoms with Gasteiger partial charge in [-0.1, -0.05) is 12.1 Å². The Morgan fingerprint density at radius 3 is 2.50 bits per heavy atom. The molecule has 1 aromatic rings. The van der Waals surface area contributed by atoms with Crippen LogP contribution in [0, 0.1) is 0 Å². The third kappa shape index (κ3) is 3.12. The smallest absolute Gasteiger partial charge is 0.338 e. The second kappa shape index (κ2) is 5.70. The zero-order valence-electron chi connectivity index (χ0n) is 10.1. The molecule has 98 valence electrons. The fourth-order valence-corrected chi connectivity index (χ4v) is 1.88. The summed E-state index contributed by atoms with van der Waals surface area (Å²) in [5.74, 6) is 0. The monoisotopic (exact) mass is 251 g/mol. The maximum absolute atomic E-state index is 10.7. The van der Waals surface area contributed by atoms with Gasteiger partial charge in [0, 0.05) is 18.8 Å². The molecule has 2 rings (SSSR count). The van der Waals surface area contributed by atoms with Gasteiger partial charge in [-0.3, -0.25) is 5.21 Å². The molecule has 6 nitrogen and oxygen atoms in total. The van der Waals surface area contributed by atoms with Gasteiger partial charge < -0.3 is 15.4 Å². The molecule has 1 fully saturated rings. The predicted molar refractivity (Wildman–Crippen MR) is 66.4 cm³/mol. The van der Waals surface area contributed by atoms with Crippen LogP contribution in [0.2, 0.25) is 0 Å². The second-order valence-electron chi connectivity index (χ2n) is 4.16. The molecule has 1 aromatic carbocycles. The summed E-state index contributed by atoms with van der Waals surface area (Å²) in [6, 6.07) is 6.83. The van der Waals surface area contributed by atoms with E-state index < -0.39 is 6.03 Å². The van der Waals surface area contributed by atoms with Crippen molar-refractivity contribution in [3.05, 3.63) is 29.8 Å². The number of primary amides is 1. The Balaban J connectivity index is 1.98.